The molecule has 3 aromatic rings. The second-order valence-corrected chi connectivity index (χ2v) is 5.78. The van der Waals surface area contributed by atoms with Gasteiger partial charge in [-0.2, -0.15) is 18.3 Å². The average Bonchev–Trinajstić information content (AvgIpc) is 3.14. The van der Waals surface area contributed by atoms with E-state index in [1.165, 1.54) is 36.4 Å². The molecule has 1 aromatic heterocycles. The summed E-state index contributed by atoms with van der Waals surface area (Å²) < 4.78 is 40.4. The molecule has 0 unspecified atom stereocenters. The van der Waals surface area contributed by atoms with Gasteiger partial charge in [0.2, 0.25) is 0 Å². The minimum atomic E-state index is -4.61. The van der Waals surface area contributed by atoms with Gasteiger partial charge in [-0.05, 0) is 37.3 Å². The van der Waals surface area contributed by atoms with E-state index in [0.29, 0.717) is 0 Å². The van der Waals surface area contributed by atoms with Crippen LogP contribution in [0, 0.1) is 17.0 Å². The molecule has 0 atom stereocenters. The van der Waals surface area contributed by atoms with Gasteiger partial charge in [0, 0.05) is 17.2 Å². The first-order valence-corrected chi connectivity index (χ1v) is 7.79. The second kappa shape index (κ2) is 7.10. The van der Waals surface area contributed by atoms with Gasteiger partial charge in [-0.15, -0.1) is 0 Å². The Kier molecular flexibility index (Phi) is 4.82. The molecular weight excluding hydrogens is 379 g/mol. The number of aromatic nitrogens is 3. The standard InChI is InChI=1S/C17H12F3N5O3/c1-10-6-11(2-4-14(10)25(27)28)16(26)23-13-7-12(17(18,19)20)3-5-15(13)24-9-21-8-22-24/h2-9H,1H3,(H,23,26). The predicted octanol–water partition coefficient (Wildman–Crippen LogP) is 3.76. The highest BCUT2D eigenvalue weighted by atomic mass is 19.4. The van der Waals surface area contributed by atoms with E-state index in [1.54, 1.807) is 0 Å². The van der Waals surface area contributed by atoms with Crippen LogP contribution in [0.2, 0.25) is 0 Å². The summed E-state index contributed by atoms with van der Waals surface area (Å²) in [4.78, 5) is 26.6. The van der Waals surface area contributed by atoms with E-state index in [2.05, 4.69) is 15.4 Å². The number of rotatable bonds is 4. The first-order chi connectivity index (χ1) is 13.2. The van der Waals surface area contributed by atoms with Crippen molar-refractivity contribution in [2.75, 3.05) is 5.32 Å². The zero-order chi connectivity index (χ0) is 20.5. The fourth-order valence-corrected chi connectivity index (χ4v) is 2.54. The van der Waals surface area contributed by atoms with Gasteiger partial charge < -0.3 is 5.32 Å². The first kappa shape index (κ1) is 19.0. The molecule has 0 fully saturated rings. The maximum absolute atomic E-state index is 13.1. The molecule has 0 saturated carbocycles. The molecule has 3 rings (SSSR count). The molecule has 0 spiro atoms. The summed E-state index contributed by atoms with van der Waals surface area (Å²) in [6, 6.07) is 6.48. The van der Waals surface area contributed by atoms with Crippen LogP contribution in [-0.2, 0) is 6.18 Å². The first-order valence-electron chi connectivity index (χ1n) is 7.79. The monoisotopic (exact) mass is 391 g/mol. The smallest absolute Gasteiger partial charge is 0.320 e. The fraction of sp³-hybridized carbons (Fsp3) is 0.118. The van der Waals surface area contributed by atoms with Crippen LogP contribution in [0.5, 0.6) is 0 Å². The van der Waals surface area contributed by atoms with Crippen LogP contribution in [0.15, 0.2) is 49.1 Å². The van der Waals surface area contributed by atoms with Crippen LogP contribution in [0.25, 0.3) is 5.69 Å². The normalized spacial score (nSPS) is 11.3. The highest BCUT2D eigenvalue weighted by Gasteiger charge is 2.31. The lowest BCUT2D eigenvalue weighted by Gasteiger charge is -2.14. The molecule has 2 aromatic carbocycles. The molecule has 0 aliphatic rings. The molecule has 0 radical (unpaired) electrons. The lowest BCUT2D eigenvalue weighted by Crippen LogP contribution is -2.16. The van der Waals surface area contributed by atoms with Crippen LogP contribution in [0.3, 0.4) is 0 Å². The van der Waals surface area contributed by atoms with Crippen LogP contribution >= 0.6 is 0 Å². The van der Waals surface area contributed by atoms with E-state index < -0.39 is 22.6 Å². The van der Waals surface area contributed by atoms with Crippen molar-refractivity contribution in [1.82, 2.24) is 14.8 Å². The van der Waals surface area contributed by atoms with Gasteiger partial charge in [-0.3, -0.25) is 14.9 Å². The number of nitrogens with one attached hydrogen (secondary N) is 1. The molecular formula is C17H12F3N5O3. The molecule has 1 heterocycles. The fourth-order valence-electron chi connectivity index (χ4n) is 2.54. The average molecular weight is 391 g/mol. The number of aryl methyl sites for hydroxylation is 1. The molecule has 1 amide bonds. The van der Waals surface area contributed by atoms with Crippen molar-refractivity contribution in [3.63, 3.8) is 0 Å². The molecule has 0 aliphatic carbocycles. The summed E-state index contributed by atoms with van der Waals surface area (Å²) in [7, 11) is 0. The minimum absolute atomic E-state index is 0.0602. The van der Waals surface area contributed by atoms with Crippen molar-refractivity contribution in [1.29, 1.82) is 0 Å². The summed E-state index contributed by atoms with van der Waals surface area (Å²) in [5.41, 5.74) is -0.771. The summed E-state index contributed by atoms with van der Waals surface area (Å²) in [6.07, 6.45) is -2.14. The number of carbonyl (C=O) groups excluding carboxylic acids is 1. The topological polar surface area (TPSA) is 103 Å². The van der Waals surface area contributed by atoms with Crippen molar-refractivity contribution in [2.24, 2.45) is 0 Å². The Bertz CT molecular complexity index is 1050. The van der Waals surface area contributed by atoms with Crippen LogP contribution in [-0.4, -0.2) is 25.6 Å². The van der Waals surface area contributed by atoms with Gasteiger partial charge in [0.05, 0.1) is 21.9 Å². The van der Waals surface area contributed by atoms with Gasteiger partial charge in [0.1, 0.15) is 12.7 Å². The van der Waals surface area contributed by atoms with E-state index in [-0.39, 0.29) is 28.2 Å². The van der Waals surface area contributed by atoms with Crippen molar-refractivity contribution in [3.05, 3.63) is 75.9 Å². The molecule has 11 heteroatoms. The number of hydrogen-bond donors (Lipinski definition) is 1. The molecule has 0 bridgehead atoms. The molecule has 8 nitrogen and oxygen atoms in total. The van der Waals surface area contributed by atoms with Crippen molar-refractivity contribution in [2.45, 2.75) is 13.1 Å². The molecule has 1 N–H and O–H groups in total. The summed E-state index contributed by atoms with van der Waals surface area (Å²) in [5, 5.41) is 17.2. The van der Waals surface area contributed by atoms with E-state index in [4.69, 9.17) is 0 Å². The van der Waals surface area contributed by atoms with Crippen molar-refractivity contribution < 1.29 is 22.9 Å². The number of anilines is 1. The van der Waals surface area contributed by atoms with Gasteiger partial charge in [-0.25, -0.2) is 9.67 Å². The lowest BCUT2D eigenvalue weighted by atomic mass is 10.1. The number of nitrogens with zero attached hydrogens (tertiary/aromatic N) is 4. The van der Waals surface area contributed by atoms with Crippen LogP contribution < -0.4 is 5.32 Å². The third kappa shape index (κ3) is 3.82. The Labute approximate surface area is 155 Å². The van der Waals surface area contributed by atoms with Gasteiger partial charge in [0.15, 0.2) is 0 Å². The Morgan fingerprint density at radius 3 is 2.54 bits per heavy atom. The zero-order valence-corrected chi connectivity index (χ0v) is 14.3. The minimum Gasteiger partial charge on any atom is -0.320 e. The third-order valence-corrected chi connectivity index (χ3v) is 3.89. The second-order valence-electron chi connectivity index (χ2n) is 5.78. The lowest BCUT2D eigenvalue weighted by molar-refractivity contribution is -0.385. The number of nitro benzene ring substituents is 1. The molecule has 28 heavy (non-hydrogen) atoms. The highest BCUT2D eigenvalue weighted by molar-refractivity contribution is 6.05. The SMILES string of the molecule is Cc1cc(C(=O)Nc2cc(C(F)(F)F)ccc2-n2cncn2)ccc1[N+](=O)[O-]. The number of hydrogen-bond acceptors (Lipinski definition) is 5. The van der Waals surface area contributed by atoms with Crippen molar-refractivity contribution in [3.8, 4) is 5.69 Å². The third-order valence-electron chi connectivity index (χ3n) is 3.89. The molecule has 0 saturated heterocycles. The highest BCUT2D eigenvalue weighted by Crippen LogP contribution is 2.33. The van der Waals surface area contributed by atoms with E-state index in [1.807, 2.05) is 0 Å². The molecule has 0 aliphatic heterocycles. The van der Waals surface area contributed by atoms with Gasteiger partial charge in [-0.1, -0.05) is 0 Å². The van der Waals surface area contributed by atoms with E-state index in [0.717, 1.165) is 24.3 Å². The Morgan fingerprint density at radius 1 is 1.21 bits per heavy atom. The number of halogens is 3. The number of nitro groups is 1. The number of carbonyl (C=O) groups is 1. The number of benzene rings is 2. The van der Waals surface area contributed by atoms with Crippen LogP contribution in [0.1, 0.15) is 21.5 Å². The Hall–Kier alpha value is -3.76. The van der Waals surface area contributed by atoms with E-state index in [9.17, 15) is 28.1 Å². The Balaban J connectivity index is 1.99. The summed E-state index contributed by atoms with van der Waals surface area (Å²) >= 11 is 0. The molecule has 144 valence electrons. The Morgan fingerprint density at radius 2 is 1.96 bits per heavy atom. The van der Waals surface area contributed by atoms with Crippen LogP contribution in [0.4, 0.5) is 24.5 Å². The summed E-state index contributed by atoms with van der Waals surface area (Å²) in [5.74, 6) is -0.723. The quantitative estimate of drug-likeness (QED) is 0.539. The summed E-state index contributed by atoms with van der Waals surface area (Å²) in [6.45, 7) is 1.46. The zero-order valence-electron chi connectivity index (χ0n) is 14.3. The number of alkyl halides is 3. The maximum Gasteiger partial charge on any atom is 0.416 e. The largest absolute Gasteiger partial charge is 0.416 e. The predicted molar refractivity (Wildman–Crippen MR) is 92.1 cm³/mol. The van der Waals surface area contributed by atoms with E-state index >= 15 is 0 Å². The number of amides is 1. The van der Waals surface area contributed by atoms with Gasteiger partial charge in [0.25, 0.3) is 11.6 Å². The van der Waals surface area contributed by atoms with Crippen molar-refractivity contribution >= 4 is 17.3 Å². The van der Waals surface area contributed by atoms with Gasteiger partial charge >= 0.3 is 6.18 Å². The maximum atomic E-state index is 13.1.